The number of imidazole rings is 1. The molecule has 0 atom stereocenters. The predicted octanol–water partition coefficient (Wildman–Crippen LogP) is 3.57. The van der Waals surface area contributed by atoms with Crippen molar-refractivity contribution < 1.29 is 4.79 Å². The quantitative estimate of drug-likeness (QED) is 0.802. The third-order valence-corrected chi connectivity index (χ3v) is 3.79. The van der Waals surface area contributed by atoms with Crippen molar-refractivity contribution in [2.75, 3.05) is 0 Å². The number of nitrogens with zero attached hydrogens (tertiary/aromatic N) is 2. The minimum absolute atomic E-state index is 0.255. The van der Waals surface area contributed by atoms with Gasteiger partial charge in [-0.15, -0.1) is 0 Å². The Morgan fingerprint density at radius 3 is 2.62 bits per heavy atom. The van der Waals surface area contributed by atoms with Gasteiger partial charge < -0.3 is 9.72 Å². The standard InChI is InChI=1S/C15H11Cl2N3O/c16-11-4-3-5-12(17)10(11)8-18-15(21)13-9-20-7-2-1-6-14(20)19-13/h1-7,9H,8H2,(H,18,21). The molecule has 0 saturated carbocycles. The van der Waals surface area contributed by atoms with Crippen LogP contribution in [0.3, 0.4) is 0 Å². The van der Waals surface area contributed by atoms with Crippen LogP contribution in [0.1, 0.15) is 16.1 Å². The highest BCUT2D eigenvalue weighted by atomic mass is 35.5. The number of fused-ring (bicyclic) bond motifs is 1. The van der Waals surface area contributed by atoms with Crippen molar-refractivity contribution in [3.05, 3.63) is 70.1 Å². The van der Waals surface area contributed by atoms with E-state index in [4.69, 9.17) is 23.2 Å². The Kier molecular flexibility index (Phi) is 3.82. The van der Waals surface area contributed by atoms with Crippen LogP contribution < -0.4 is 5.32 Å². The lowest BCUT2D eigenvalue weighted by atomic mass is 10.2. The number of halogens is 2. The van der Waals surface area contributed by atoms with Crippen LogP contribution in [0.4, 0.5) is 0 Å². The summed E-state index contributed by atoms with van der Waals surface area (Å²) in [5.41, 5.74) is 1.76. The van der Waals surface area contributed by atoms with E-state index < -0.39 is 0 Å². The lowest BCUT2D eigenvalue weighted by molar-refractivity contribution is 0.0946. The lowest BCUT2D eigenvalue weighted by Crippen LogP contribution is -2.23. The average molecular weight is 320 g/mol. The van der Waals surface area contributed by atoms with Crippen molar-refractivity contribution in [3.63, 3.8) is 0 Å². The molecule has 2 aromatic heterocycles. The fraction of sp³-hybridized carbons (Fsp3) is 0.0667. The van der Waals surface area contributed by atoms with Gasteiger partial charge >= 0.3 is 0 Å². The van der Waals surface area contributed by atoms with E-state index in [1.807, 2.05) is 24.4 Å². The summed E-state index contributed by atoms with van der Waals surface area (Å²) in [5, 5.41) is 3.83. The molecule has 0 aliphatic carbocycles. The molecule has 0 aliphatic rings. The zero-order valence-electron chi connectivity index (χ0n) is 10.9. The van der Waals surface area contributed by atoms with Crippen molar-refractivity contribution in [2.45, 2.75) is 6.54 Å². The molecule has 3 aromatic rings. The van der Waals surface area contributed by atoms with Gasteiger partial charge in [0.25, 0.3) is 5.91 Å². The minimum atomic E-state index is -0.269. The summed E-state index contributed by atoms with van der Waals surface area (Å²) in [7, 11) is 0. The molecule has 0 radical (unpaired) electrons. The van der Waals surface area contributed by atoms with Gasteiger partial charge in [-0.2, -0.15) is 0 Å². The highest BCUT2D eigenvalue weighted by molar-refractivity contribution is 6.36. The molecular weight excluding hydrogens is 309 g/mol. The third-order valence-electron chi connectivity index (χ3n) is 3.08. The normalized spacial score (nSPS) is 10.8. The van der Waals surface area contributed by atoms with Gasteiger partial charge in [0.2, 0.25) is 0 Å². The number of pyridine rings is 1. The molecule has 3 rings (SSSR count). The van der Waals surface area contributed by atoms with Crippen LogP contribution in [-0.4, -0.2) is 15.3 Å². The fourth-order valence-electron chi connectivity index (χ4n) is 2.00. The Morgan fingerprint density at radius 2 is 1.90 bits per heavy atom. The van der Waals surface area contributed by atoms with E-state index in [0.717, 1.165) is 5.65 Å². The van der Waals surface area contributed by atoms with Gasteiger partial charge in [-0.1, -0.05) is 35.3 Å². The number of carbonyl (C=O) groups is 1. The second kappa shape index (κ2) is 5.76. The Labute approximate surface area is 131 Å². The average Bonchev–Trinajstić information content (AvgIpc) is 2.90. The maximum atomic E-state index is 12.1. The third kappa shape index (κ3) is 2.86. The Balaban J connectivity index is 1.77. The van der Waals surface area contributed by atoms with E-state index in [0.29, 0.717) is 21.3 Å². The molecule has 4 nitrogen and oxygen atoms in total. The molecule has 1 aromatic carbocycles. The summed E-state index contributed by atoms with van der Waals surface area (Å²) in [6.45, 7) is 0.255. The predicted molar refractivity (Wildman–Crippen MR) is 82.8 cm³/mol. The van der Waals surface area contributed by atoms with E-state index in [9.17, 15) is 4.79 Å². The molecule has 106 valence electrons. The van der Waals surface area contributed by atoms with E-state index in [-0.39, 0.29) is 12.5 Å². The number of amides is 1. The first-order chi connectivity index (χ1) is 10.1. The van der Waals surface area contributed by atoms with E-state index in [1.54, 1.807) is 28.8 Å². The van der Waals surface area contributed by atoms with Gasteiger partial charge in [0, 0.05) is 34.5 Å². The number of rotatable bonds is 3. The van der Waals surface area contributed by atoms with Crippen molar-refractivity contribution in [1.29, 1.82) is 0 Å². The molecule has 6 heteroatoms. The van der Waals surface area contributed by atoms with Crippen LogP contribution >= 0.6 is 23.2 Å². The molecule has 2 heterocycles. The van der Waals surface area contributed by atoms with Crippen molar-refractivity contribution in [2.24, 2.45) is 0 Å². The first-order valence-electron chi connectivity index (χ1n) is 6.30. The van der Waals surface area contributed by atoms with E-state index >= 15 is 0 Å². The van der Waals surface area contributed by atoms with E-state index in [1.165, 1.54) is 0 Å². The van der Waals surface area contributed by atoms with Gasteiger partial charge in [-0.05, 0) is 24.3 Å². The van der Waals surface area contributed by atoms with Crippen LogP contribution in [0.15, 0.2) is 48.8 Å². The van der Waals surface area contributed by atoms with Crippen molar-refractivity contribution >= 4 is 34.8 Å². The van der Waals surface area contributed by atoms with Gasteiger partial charge in [0.05, 0.1) is 0 Å². The number of aromatic nitrogens is 2. The number of hydrogen-bond donors (Lipinski definition) is 1. The monoisotopic (exact) mass is 319 g/mol. The van der Waals surface area contributed by atoms with Crippen LogP contribution in [0.25, 0.3) is 5.65 Å². The molecule has 0 aliphatic heterocycles. The van der Waals surface area contributed by atoms with Gasteiger partial charge in [0.1, 0.15) is 11.3 Å². The summed E-state index contributed by atoms with van der Waals surface area (Å²) in [5.74, 6) is -0.269. The van der Waals surface area contributed by atoms with Crippen molar-refractivity contribution in [3.8, 4) is 0 Å². The second-order valence-electron chi connectivity index (χ2n) is 4.48. The smallest absolute Gasteiger partial charge is 0.271 e. The summed E-state index contributed by atoms with van der Waals surface area (Å²) < 4.78 is 1.79. The first kappa shape index (κ1) is 13.9. The maximum absolute atomic E-state index is 12.1. The molecule has 0 saturated heterocycles. The highest BCUT2D eigenvalue weighted by Crippen LogP contribution is 2.23. The largest absolute Gasteiger partial charge is 0.346 e. The van der Waals surface area contributed by atoms with Crippen LogP contribution in [0, 0.1) is 0 Å². The van der Waals surface area contributed by atoms with Crippen LogP contribution in [0.5, 0.6) is 0 Å². The van der Waals surface area contributed by atoms with Gasteiger partial charge in [-0.3, -0.25) is 4.79 Å². The number of nitrogens with one attached hydrogen (secondary N) is 1. The Bertz CT molecular complexity index is 760. The molecule has 21 heavy (non-hydrogen) atoms. The molecule has 1 N–H and O–H groups in total. The highest BCUT2D eigenvalue weighted by Gasteiger charge is 2.12. The molecule has 0 bridgehead atoms. The van der Waals surface area contributed by atoms with Gasteiger partial charge in [-0.25, -0.2) is 4.98 Å². The molecule has 0 spiro atoms. The summed E-state index contributed by atoms with van der Waals surface area (Å²) in [6, 6.07) is 10.8. The lowest BCUT2D eigenvalue weighted by Gasteiger charge is -2.07. The summed E-state index contributed by atoms with van der Waals surface area (Å²) >= 11 is 12.1. The van der Waals surface area contributed by atoms with Crippen molar-refractivity contribution in [1.82, 2.24) is 14.7 Å². The van der Waals surface area contributed by atoms with E-state index in [2.05, 4.69) is 10.3 Å². The zero-order valence-corrected chi connectivity index (χ0v) is 12.4. The second-order valence-corrected chi connectivity index (χ2v) is 5.29. The first-order valence-corrected chi connectivity index (χ1v) is 7.05. The molecule has 0 unspecified atom stereocenters. The number of carbonyl (C=O) groups excluding carboxylic acids is 1. The summed E-state index contributed by atoms with van der Waals surface area (Å²) in [4.78, 5) is 16.4. The molecular formula is C15H11Cl2N3O. The zero-order chi connectivity index (χ0) is 14.8. The molecule has 0 fully saturated rings. The Hall–Kier alpha value is -2.04. The minimum Gasteiger partial charge on any atom is -0.346 e. The topological polar surface area (TPSA) is 46.4 Å². The van der Waals surface area contributed by atoms with Gasteiger partial charge in [0.15, 0.2) is 0 Å². The van der Waals surface area contributed by atoms with Crippen LogP contribution in [0.2, 0.25) is 10.0 Å². The maximum Gasteiger partial charge on any atom is 0.271 e. The number of hydrogen-bond acceptors (Lipinski definition) is 2. The van der Waals surface area contributed by atoms with Crippen LogP contribution in [-0.2, 0) is 6.54 Å². The fourth-order valence-corrected chi connectivity index (χ4v) is 2.54. The molecule has 1 amide bonds. The SMILES string of the molecule is O=C(NCc1c(Cl)cccc1Cl)c1cn2ccccc2n1. The Morgan fingerprint density at radius 1 is 1.14 bits per heavy atom. The summed E-state index contributed by atoms with van der Waals surface area (Å²) in [6.07, 6.45) is 3.52. The number of benzene rings is 1.